The molecule has 1 amide bonds. The molecular formula is C14H24N2OS. The highest BCUT2D eigenvalue weighted by Gasteiger charge is 2.20. The lowest BCUT2D eigenvalue weighted by Gasteiger charge is -2.25. The lowest BCUT2D eigenvalue weighted by molar-refractivity contribution is -0.132. The molecule has 0 saturated carbocycles. The molecule has 3 nitrogen and oxygen atoms in total. The first-order valence-corrected chi connectivity index (χ1v) is 7.33. The molecule has 0 spiro atoms. The Morgan fingerprint density at radius 1 is 1.50 bits per heavy atom. The molecule has 1 aromatic heterocycles. The number of amides is 1. The Kier molecular flexibility index (Phi) is 5.82. The number of nitrogens with two attached hydrogens (primary N) is 1. The number of rotatable bonds is 6. The van der Waals surface area contributed by atoms with Crippen LogP contribution in [0.4, 0.5) is 0 Å². The average Bonchev–Trinajstić information content (AvgIpc) is 2.80. The highest BCUT2D eigenvalue weighted by Crippen LogP contribution is 2.27. The van der Waals surface area contributed by atoms with E-state index in [4.69, 9.17) is 5.73 Å². The molecule has 0 aliphatic rings. The number of thiophene rings is 1. The maximum absolute atomic E-state index is 12.2. The van der Waals surface area contributed by atoms with Crippen LogP contribution in [0.1, 0.15) is 42.5 Å². The van der Waals surface area contributed by atoms with Gasteiger partial charge in [-0.1, -0.05) is 13.3 Å². The molecule has 18 heavy (non-hydrogen) atoms. The van der Waals surface area contributed by atoms with E-state index in [9.17, 15) is 4.79 Å². The van der Waals surface area contributed by atoms with Crippen LogP contribution in [-0.2, 0) is 4.79 Å². The smallest absolute Gasteiger partial charge is 0.223 e. The predicted octanol–water partition coefficient (Wildman–Crippen LogP) is 2.95. The zero-order valence-corrected chi connectivity index (χ0v) is 12.6. The molecule has 2 N–H and O–H groups in total. The van der Waals surface area contributed by atoms with Crippen molar-refractivity contribution >= 4 is 17.2 Å². The largest absolute Gasteiger partial charge is 0.338 e. The molecule has 0 aromatic carbocycles. The summed E-state index contributed by atoms with van der Waals surface area (Å²) < 4.78 is 0. The van der Waals surface area contributed by atoms with Crippen LogP contribution in [-0.4, -0.2) is 24.4 Å². The Labute approximate surface area is 114 Å². The van der Waals surface area contributed by atoms with E-state index >= 15 is 0 Å². The number of hydrogen-bond donors (Lipinski definition) is 1. The standard InChI is InChI=1S/C14H24N2OS/c1-5-12(9-15)8-14(17)16(4)11(3)13-7-6-10(2)18-13/h6-7,11-12H,5,8-9,15H2,1-4H3. The van der Waals surface area contributed by atoms with Crippen LogP contribution in [0, 0.1) is 12.8 Å². The van der Waals surface area contributed by atoms with Gasteiger partial charge < -0.3 is 10.6 Å². The highest BCUT2D eigenvalue weighted by atomic mass is 32.1. The Morgan fingerprint density at radius 3 is 2.61 bits per heavy atom. The van der Waals surface area contributed by atoms with E-state index in [0.717, 1.165) is 6.42 Å². The fourth-order valence-corrected chi connectivity index (χ4v) is 2.84. The van der Waals surface area contributed by atoms with Gasteiger partial charge in [0, 0.05) is 23.2 Å². The number of aryl methyl sites for hydroxylation is 1. The normalized spacial score (nSPS) is 14.3. The fourth-order valence-electron chi connectivity index (χ4n) is 1.87. The van der Waals surface area contributed by atoms with Crippen molar-refractivity contribution in [1.29, 1.82) is 0 Å². The van der Waals surface area contributed by atoms with E-state index in [1.165, 1.54) is 9.75 Å². The Morgan fingerprint density at radius 2 is 2.17 bits per heavy atom. The van der Waals surface area contributed by atoms with Gasteiger partial charge in [-0.25, -0.2) is 0 Å². The second-order valence-electron chi connectivity index (χ2n) is 4.84. The van der Waals surface area contributed by atoms with Crippen LogP contribution >= 0.6 is 11.3 Å². The van der Waals surface area contributed by atoms with Crippen LogP contribution in [0.25, 0.3) is 0 Å². The van der Waals surface area contributed by atoms with Crippen LogP contribution in [0.3, 0.4) is 0 Å². The third kappa shape index (κ3) is 3.82. The van der Waals surface area contributed by atoms with Crippen molar-refractivity contribution in [1.82, 2.24) is 4.90 Å². The second kappa shape index (κ2) is 6.90. The quantitative estimate of drug-likeness (QED) is 0.862. The molecule has 1 aromatic rings. The molecule has 0 saturated heterocycles. The van der Waals surface area contributed by atoms with E-state index < -0.39 is 0 Å². The molecule has 0 bridgehead atoms. The zero-order chi connectivity index (χ0) is 13.7. The minimum Gasteiger partial charge on any atom is -0.338 e. The SMILES string of the molecule is CCC(CN)CC(=O)N(C)C(C)c1ccc(C)s1. The predicted molar refractivity (Wildman–Crippen MR) is 77.7 cm³/mol. The molecule has 0 radical (unpaired) electrons. The molecule has 102 valence electrons. The number of hydrogen-bond acceptors (Lipinski definition) is 3. The summed E-state index contributed by atoms with van der Waals surface area (Å²) in [5, 5.41) is 0. The Bertz CT molecular complexity index is 385. The maximum Gasteiger partial charge on any atom is 0.223 e. The Balaban J connectivity index is 2.63. The van der Waals surface area contributed by atoms with Crippen LogP contribution in [0.15, 0.2) is 12.1 Å². The van der Waals surface area contributed by atoms with Crippen molar-refractivity contribution in [2.24, 2.45) is 11.7 Å². The lowest BCUT2D eigenvalue weighted by Crippen LogP contribution is -2.32. The third-order valence-electron chi connectivity index (χ3n) is 3.52. The van der Waals surface area contributed by atoms with Gasteiger partial charge in [-0.2, -0.15) is 0 Å². The average molecular weight is 268 g/mol. The summed E-state index contributed by atoms with van der Waals surface area (Å²) in [5.74, 6) is 0.489. The first-order valence-electron chi connectivity index (χ1n) is 6.51. The van der Waals surface area contributed by atoms with E-state index in [-0.39, 0.29) is 11.9 Å². The molecule has 2 unspecified atom stereocenters. The third-order valence-corrected chi connectivity index (χ3v) is 4.69. The van der Waals surface area contributed by atoms with Gasteiger partial charge in [0.15, 0.2) is 0 Å². The molecule has 0 fully saturated rings. The lowest BCUT2D eigenvalue weighted by atomic mass is 10.0. The summed E-state index contributed by atoms with van der Waals surface area (Å²) in [7, 11) is 1.88. The zero-order valence-electron chi connectivity index (χ0n) is 11.8. The molecule has 2 atom stereocenters. The summed E-state index contributed by atoms with van der Waals surface area (Å²) in [6.45, 7) is 6.83. The summed E-state index contributed by atoms with van der Waals surface area (Å²) in [6, 6.07) is 4.35. The first kappa shape index (κ1) is 15.2. The van der Waals surface area contributed by atoms with E-state index in [0.29, 0.717) is 18.9 Å². The van der Waals surface area contributed by atoms with E-state index in [1.807, 2.05) is 11.9 Å². The summed E-state index contributed by atoms with van der Waals surface area (Å²) in [4.78, 5) is 16.5. The van der Waals surface area contributed by atoms with Crippen LogP contribution in [0.5, 0.6) is 0 Å². The van der Waals surface area contributed by atoms with Crippen LogP contribution in [0.2, 0.25) is 0 Å². The fraction of sp³-hybridized carbons (Fsp3) is 0.643. The molecule has 1 rings (SSSR count). The Hall–Kier alpha value is -0.870. The maximum atomic E-state index is 12.2. The van der Waals surface area contributed by atoms with Crippen molar-refractivity contribution in [2.75, 3.05) is 13.6 Å². The topological polar surface area (TPSA) is 46.3 Å². The molecule has 0 aliphatic carbocycles. The van der Waals surface area contributed by atoms with Gasteiger partial charge in [-0.3, -0.25) is 4.79 Å². The minimum absolute atomic E-state index is 0.145. The van der Waals surface area contributed by atoms with Crippen molar-refractivity contribution in [2.45, 2.75) is 39.7 Å². The van der Waals surface area contributed by atoms with E-state index in [2.05, 4.69) is 32.9 Å². The summed E-state index contributed by atoms with van der Waals surface area (Å²) in [5.41, 5.74) is 5.65. The van der Waals surface area contributed by atoms with Crippen molar-refractivity contribution in [3.05, 3.63) is 21.9 Å². The van der Waals surface area contributed by atoms with Gasteiger partial charge in [0.1, 0.15) is 0 Å². The van der Waals surface area contributed by atoms with Gasteiger partial charge in [0.2, 0.25) is 5.91 Å². The number of carbonyl (C=O) groups excluding carboxylic acids is 1. The number of carbonyl (C=O) groups is 1. The van der Waals surface area contributed by atoms with Gasteiger partial charge in [-0.15, -0.1) is 11.3 Å². The molecular weight excluding hydrogens is 244 g/mol. The van der Waals surface area contributed by atoms with E-state index in [1.54, 1.807) is 11.3 Å². The molecule has 0 aliphatic heterocycles. The monoisotopic (exact) mass is 268 g/mol. The summed E-state index contributed by atoms with van der Waals surface area (Å²) in [6.07, 6.45) is 1.51. The molecule has 4 heteroatoms. The summed E-state index contributed by atoms with van der Waals surface area (Å²) >= 11 is 1.75. The highest BCUT2D eigenvalue weighted by molar-refractivity contribution is 7.12. The van der Waals surface area contributed by atoms with Crippen molar-refractivity contribution in [3.63, 3.8) is 0 Å². The van der Waals surface area contributed by atoms with Crippen molar-refractivity contribution in [3.8, 4) is 0 Å². The van der Waals surface area contributed by atoms with Gasteiger partial charge in [0.05, 0.1) is 6.04 Å². The number of nitrogens with zero attached hydrogens (tertiary/aromatic N) is 1. The minimum atomic E-state index is 0.145. The van der Waals surface area contributed by atoms with Gasteiger partial charge in [0.25, 0.3) is 0 Å². The first-order chi connectivity index (χ1) is 8.49. The van der Waals surface area contributed by atoms with Gasteiger partial charge >= 0.3 is 0 Å². The second-order valence-corrected chi connectivity index (χ2v) is 6.16. The molecule has 1 heterocycles. The van der Waals surface area contributed by atoms with Crippen LogP contribution < -0.4 is 5.73 Å². The van der Waals surface area contributed by atoms with Gasteiger partial charge in [-0.05, 0) is 38.4 Å². The van der Waals surface area contributed by atoms with Crippen molar-refractivity contribution < 1.29 is 4.79 Å².